The van der Waals surface area contributed by atoms with Crippen molar-refractivity contribution in [2.75, 3.05) is 96.5 Å². The second-order valence-electron chi connectivity index (χ2n) is 15.0. The van der Waals surface area contributed by atoms with Gasteiger partial charge < -0.3 is 19.4 Å². The summed E-state index contributed by atoms with van der Waals surface area (Å²) in [5, 5.41) is 0. The van der Waals surface area contributed by atoms with Gasteiger partial charge in [0.25, 0.3) is 10.2 Å². The first-order valence-corrected chi connectivity index (χ1v) is 21.5. The topological polar surface area (TPSA) is 97.0 Å². The maximum Gasteiger partial charge on any atom is 0.282 e. The van der Waals surface area contributed by atoms with E-state index in [1.807, 2.05) is 49.9 Å². The highest BCUT2D eigenvalue weighted by atomic mass is 32.2. The number of benzene rings is 2. The maximum absolute atomic E-state index is 14.4. The Morgan fingerprint density at radius 3 is 2.02 bits per heavy atom. The number of piperazine rings is 1. The molecule has 0 spiro atoms. The molecule has 2 saturated heterocycles. The maximum atomic E-state index is 14.4. The number of hydrogen-bond acceptors (Lipinski definition) is 8. The Bertz CT molecular complexity index is 1640. The van der Waals surface area contributed by atoms with Crippen molar-refractivity contribution in [2.45, 2.75) is 69.7 Å². The van der Waals surface area contributed by atoms with Gasteiger partial charge in [0, 0.05) is 96.0 Å². The van der Waals surface area contributed by atoms with E-state index in [1.54, 1.807) is 31.1 Å². The second-order valence-corrected chi connectivity index (χ2v) is 18.9. The molecular formula is C37H59FN6O5S2. The van der Waals surface area contributed by atoms with Gasteiger partial charge in [0.05, 0.1) is 12.0 Å². The summed E-state index contributed by atoms with van der Waals surface area (Å²) in [6.07, 6.45) is 7.63. The third kappa shape index (κ3) is 10.1. The first kappa shape index (κ1) is 39.7. The summed E-state index contributed by atoms with van der Waals surface area (Å²) in [7, 11) is -2.36. The molecule has 1 aliphatic carbocycles. The third-order valence-electron chi connectivity index (χ3n) is 10.7. The predicted molar refractivity (Wildman–Crippen MR) is 203 cm³/mol. The summed E-state index contributed by atoms with van der Waals surface area (Å²) in [6, 6.07) is 11.3. The van der Waals surface area contributed by atoms with Crippen molar-refractivity contribution < 1.29 is 26.0 Å². The largest absolute Gasteiger partial charge is 0.497 e. The number of methoxy groups -OCH3 is 1. The molecule has 0 N–H and O–H groups in total. The molecule has 0 bridgehead atoms. The van der Waals surface area contributed by atoms with Crippen LogP contribution in [0.25, 0.3) is 0 Å². The van der Waals surface area contributed by atoms with E-state index in [0.29, 0.717) is 43.4 Å². The summed E-state index contributed by atoms with van der Waals surface area (Å²) in [5.74, 6) is 0.392. The SMILES string of the molecule is COc1cc(F)cc(N2CCN(S(=O)(=O)N3CCCN(CC4CCCCC4)CCCN(S(=O)(=O)c4ccc(N(C)C)cc4)C[C@H](C)C3)C[C@H]2C)c1. The van der Waals surface area contributed by atoms with Crippen LogP contribution in [0.4, 0.5) is 15.8 Å². The van der Waals surface area contributed by atoms with Crippen molar-refractivity contribution in [2.24, 2.45) is 11.8 Å². The number of anilines is 2. The molecule has 2 atom stereocenters. The molecule has 2 aromatic rings. The second kappa shape index (κ2) is 17.6. The average Bonchev–Trinajstić information content (AvgIpc) is 3.10. The lowest BCUT2D eigenvalue weighted by Crippen LogP contribution is -2.57. The summed E-state index contributed by atoms with van der Waals surface area (Å²) < 4.78 is 81.5. The van der Waals surface area contributed by atoms with Crippen LogP contribution in [-0.4, -0.2) is 127 Å². The normalized spacial score (nSPS) is 23.8. The van der Waals surface area contributed by atoms with Crippen LogP contribution >= 0.6 is 0 Å². The number of sulfonamides is 1. The number of nitrogens with zero attached hydrogens (tertiary/aromatic N) is 6. The minimum Gasteiger partial charge on any atom is -0.497 e. The van der Waals surface area contributed by atoms with Gasteiger partial charge in [-0.3, -0.25) is 0 Å². The fourth-order valence-electron chi connectivity index (χ4n) is 7.91. The number of rotatable bonds is 9. The highest BCUT2D eigenvalue weighted by Crippen LogP contribution is 2.29. The molecular weight excluding hydrogens is 692 g/mol. The molecule has 51 heavy (non-hydrogen) atoms. The van der Waals surface area contributed by atoms with Crippen molar-refractivity contribution in [3.8, 4) is 5.75 Å². The average molecular weight is 751 g/mol. The van der Waals surface area contributed by atoms with Gasteiger partial charge in [-0.25, -0.2) is 12.8 Å². The van der Waals surface area contributed by atoms with E-state index in [9.17, 15) is 21.2 Å². The smallest absolute Gasteiger partial charge is 0.282 e. The van der Waals surface area contributed by atoms with Crippen molar-refractivity contribution in [1.82, 2.24) is 17.8 Å². The van der Waals surface area contributed by atoms with E-state index in [4.69, 9.17) is 4.74 Å². The minimum atomic E-state index is -3.88. The Morgan fingerprint density at radius 2 is 1.39 bits per heavy atom. The van der Waals surface area contributed by atoms with Gasteiger partial charge in [-0.15, -0.1) is 0 Å². The van der Waals surface area contributed by atoms with Crippen molar-refractivity contribution in [3.05, 3.63) is 48.3 Å². The Balaban J connectivity index is 1.36. The zero-order chi connectivity index (χ0) is 36.8. The highest BCUT2D eigenvalue weighted by Gasteiger charge is 2.37. The van der Waals surface area contributed by atoms with Crippen molar-refractivity contribution in [3.63, 3.8) is 0 Å². The van der Waals surface area contributed by atoms with Gasteiger partial charge in [-0.2, -0.15) is 21.3 Å². The van der Waals surface area contributed by atoms with Gasteiger partial charge in [0.2, 0.25) is 10.0 Å². The molecule has 2 aromatic carbocycles. The molecule has 0 amide bonds. The van der Waals surface area contributed by atoms with Crippen molar-refractivity contribution in [1.29, 1.82) is 0 Å². The van der Waals surface area contributed by atoms with Crippen LogP contribution in [-0.2, 0) is 20.2 Å². The summed E-state index contributed by atoms with van der Waals surface area (Å²) in [6.45, 7) is 8.49. The monoisotopic (exact) mass is 750 g/mol. The number of hydrogen-bond donors (Lipinski definition) is 0. The van der Waals surface area contributed by atoms with Crippen LogP contribution in [0, 0.1) is 17.7 Å². The van der Waals surface area contributed by atoms with Crippen LogP contribution in [0.3, 0.4) is 0 Å². The van der Waals surface area contributed by atoms with Gasteiger partial charge in [-0.05, 0) is 87.9 Å². The zero-order valence-electron chi connectivity index (χ0n) is 31.2. The Morgan fingerprint density at radius 1 is 0.765 bits per heavy atom. The van der Waals surface area contributed by atoms with E-state index in [0.717, 1.165) is 31.7 Å². The summed E-state index contributed by atoms with van der Waals surface area (Å²) >= 11 is 0. The fourth-order valence-corrected chi connectivity index (χ4v) is 11.4. The lowest BCUT2D eigenvalue weighted by atomic mass is 9.89. The van der Waals surface area contributed by atoms with Crippen molar-refractivity contribution >= 4 is 31.6 Å². The molecule has 2 aliphatic heterocycles. The lowest BCUT2D eigenvalue weighted by Gasteiger charge is -2.42. The fraction of sp³-hybridized carbons (Fsp3) is 0.676. The number of halogens is 1. The quantitative estimate of drug-likeness (QED) is 0.355. The standard InChI is InChI=1S/C37H59FN6O5S2/c1-30-26-41(50(45,46)37-15-13-34(14-16-37)39(3)4)19-9-17-40(29-32-11-7-6-8-12-32)18-10-20-42(27-30)51(47,48)43-21-22-44(31(2)28-43)35-23-33(38)24-36(25-35)49-5/h13-16,23-25,30-32H,6-12,17-22,26-29H2,1-5H3/t30-,31+/m0/s1. The van der Waals surface area contributed by atoms with Gasteiger partial charge in [-0.1, -0.05) is 26.2 Å². The molecule has 2 heterocycles. The van der Waals surface area contributed by atoms with E-state index in [-0.39, 0.29) is 43.0 Å². The van der Waals surface area contributed by atoms with Crippen LogP contribution in [0.5, 0.6) is 5.75 Å². The van der Waals surface area contributed by atoms with Crippen LogP contribution < -0.4 is 14.5 Å². The molecule has 0 unspecified atom stereocenters. The zero-order valence-corrected chi connectivity index (χ0v) is 32.8. The van der Waals surface area contributed by atoms with Gasteiger partial charge in [0.1, 0.15) is 11.6 Å². The summed E-state index contributed by atoms with van der Waals surface area (Å²) in [5.41, 5.74) is 1.58. The Labute approximate surface area is 306 Å². The molecule has 3 fully saturated rings. The Kier molecular flexibility index (Phi) is 13.7. The summed E-state index contributed by atoms with van der Waals surface area (Å²) in [4.78, 5) is 6.65. The number of ether oxygens (including phenoxy) is 1. The molecule has 11 nitrogen and oxygen atoms in total. The van der Waals surface area contributed by atoms with E-state index in [1.165, 1.54) is 51.3 Å². The molecule has 1 saturated carbocycles. The van der Waals surface area contributed by atoms with Crippen LogP contribution in [0.1, 0.15) is 58.8 Å². The van der Waals surface area contributed by atoms with Crippen LogP contribution in [0.2, 0.25) is 0 Å². The third-order valence-corrected chi connectivity index (χ3v) is 14.5. The van der Waals surface area contributed by atoms with E-state index < -0.39 is 26.0 Å². The Hall–Kier alpha value is -2.49. The van der Waals surface area contributed by atoms with Crippen LogP contribution in [0.15, 0.2) is 47.4 Å². The molecule has 0 aromatic heterocycles. The van der Waals surface area contributed by atoms with E-state index >= 15 is 0 Å². The molecule has 286 valence electrons. The predicted octanol–water partition coefficient (Wildman–Crippen LogP) is 4.96. The van der Waals surface area contributed by atoms with Gasteiger partial charge in [0.15, 0.2) is 0 Å². The first-order chi connectivity index (χ1) is 24.3. The van der Waals surface area contributed by atoms with Gasteiger partial charge >= 0.3 is 0 Å². The first-order valence-electron chi connectivity index (χ1n) is 18.6. The molecule has 5 rings (SSSR count). The minimum absolute atomic E-state index is 0.199. The lowest BCUT2D eigenvalue weighted by molar-refractivity contribution is 0.179. The molecule has 14 heteroatoms. The molecule has 3 aliphatic rings. The highest BCUT2D eigenvalue weighted by molar-refractivity contribution is 7.89. The van der Waals surface area contributed by atoms with E-state index in [2.05, 4.69) is 4.90 Å². The molecule has 0 radical (unpaired) electrons.